The molecule has 1 aromatic rings. The number of methoxy groups -OCH3 is 1. The highest BCUT2D eigenvalue weighted by Gasteiger charge is 1.99. The molecule has 2 N–H and O–H groups in total. The van der Waals surface area contributed by atoms with Gasteiger partial charge in [-0.2, -0.15) is 0 Å². The van der Waals surface area contributed by atoms with Crippen molar-refractivity contribution in [1.29, 1.82) is 0 Å². The van der Waals surface area contributed by atoms with Crippen molar-refractivity contribution in [3.8, 4) is 12.8 Å². The number of hydrogen-bond donors (Lipinski definition) is 1. The van der Waals surface area contributed by atoms with Gasteiger partial charge in [0.2, 0.25) is 5.91 Å². The van der Waals surface area contributed by atoms with Crippen LogP contribution in [-0.2, 0) is 16.0 Å². The summed E-state index contributed by atoms with van der Waals surface area (Å²) in [5.74, 6) is 0.414. The molecule has 0 aromatic heterocycles. The van der Waals surface area contributed by atoms with Crippen LogP contribution in [0.15, 0.2) is 42.2 Å². The third-order valence-corrected chi connectivity index (χ3v) is 2.01. The van der Waals surface area contributed by atoms with Crippen LogP contribution in [0.25, 0.3) is 0 Å². The second-order valence-electron chi connectivity index (χ2n) is 3.21. The topological polar surface area (TPSA) is 52.3 Å². The average molecular weight is 231 g/mol. The zero-order chi connectivity index (χ0) is 13.1. The summed E-state index contributed by atoms with van der Waals surface area (Å²) in [6.45, 7) is 0. The Hall–Kier alpha value is -2.21. The molecule has 17 heavy (non-hydrogen) atoms. The zero-order valence-corrected chi connectivity index (χ0v) is 9.93. The van der Waals surface area contributed by atoms with Crippen LogP contribution in [0.1, 0.15) is 12.0 Å². The van der Waals surface area contributed by atoms with E-state index in [0.717, 1.165) is 11.3 Å². The molecule has 90 valence electrons. The molecule has 1 aromatic carbocycles. The van der Waals surface area contributed by atoms with Crippen LogP contribution in [0.2, 0.25) is 0 Å². The summed E-state index contributed by atoms with van der Waals surface area (Å²) in [4.78, 5) is 10.6. The van der Waals surface area contributed by atoms with Gasteiger partial charge in [0.25, 0.3) is 0 Å². The molecule has 3 heteroatoms. The van der Waals surface area contributed by atoms with Crippen molar-refractivity contribution in [3.05, 3.63) is 47.7 Å². The van der Waals surface area contributed by atoms with Crippen LogP contribution in [0, 0.1) is 12.8 Å². The molecule has 0 aliphatic carbocycles. The van der Waals surface area contributed by atoms with E-state index in [4.69, 9.17) is 10.5 Å². The van der Waals surface area contributed by atoms with Crippen molar-refractivity contribution in [2.75, 3.05) is 7.11 Å². The highest BCUT2D eigenvalue weighted by Crippen LogP contribution is 2.08. The summed E-state index contributed by atoms with van der Waals surface area (Å²) in [5.41, 5.74) is 6.20. The largest absolute Gasteiger partial charge is 0.501 e. The predicted molar refractivity (Wildman–Crippen MR) is 68.9 cm³/mol. The number of benzene rings is 1. The van der Waals surface area contributed by atoms with Crippen molar-refractivity contribution in [3.63, 3.8) is 0 Å². The fourth-order valence-electron chi connectivity index (χ4n) is 1.24. The van der Waals surface area contributed by atoms with Gasteiger partial charge in [-0.1, -0.05) is 30.3 Å². The minimum Gasteiger partial charge on any atom is -0.501 e. The van der Waals surface area contributed by atoms with E-state index in [1.54, 1.807) is 13.2 Å². The first-order chi connectivity index (χ1) is 8.22. The number of hydrogen-bond acceptors (Lipinski definition) is 2. The summed E-state index contributed by atoms with van der Waals surface area (Å²) in [6.07, 6.45) is 10.6. The Labute approximate surface area is 102 Å². The monoisotopic (exact) mass is 231 g/mol. The molecule has 1 amide bonds. The van der Waals surface area contributed by atoms with Gasteiger partial charge in [-0.3, -0.25) is 4.79 Å². The van der Waals surface area contributed by atoms with E-state index in [9.17, 15) is 4.79 Å². The molecule has 0 unspecified atom stereocenters. The Balaban J connectivity index is 0.00000121. The molecule has 0 saturated carbocycles. The van der Waals surface area contributed by atoms with Crippen molar-refractivity contribution < 1.29 is 9.53 Å². The number of rotatable bonds is 5. The third kappa shape index (κ3) is 6.80. The van der Waals surface area contributed by atoms with E-state index < -0.39 is 0 Å². The van der Waals surface area contributed by atoms with Gasteiger partial charge in [-0.15, -0.1) is 12.8 Å². The SMILES string of the molecule is C#C.CO/C(=C\CC(N)=O)Cc1ccccc1. The summed E-state index contributed by atoms with van der Waals surface area (Å²) in [7, 11) is 1.59. The summed E-state index contributed by atoms with van der Waals surface area (Å²) in [6, 6.07) is 9.92. The van der Waals surface area contributed by atoms with E-state index >= 15 is 0 Å². The van der Waals surface area contributed by atoms with Crippen LogP contribution in [0.3, 0.4) is 0 Å². The maximum atomic E-state index is 10.6. The highest BCUT2D eigenvalue weighted by atomic mass is 16.5. The number of terminal acetylenes is 1. The van der Waals surface area contributed by atoms with Gasteiger partial charge in [0.15, 0.2) is 0 Å². The molecule has 0 heterocycles. The number of carbonyl (C=O) groups is 1. The van der Waals surface area contributed by atoms with Gasteiger partial charge in [0.05, 0.1) is 12.9 Å². The first kappa shape index (κ1) is 14.8. The molecule has 0 atom stereocenters. The van der Waals surface area contributed by atoms with Gasteiger partial charge < -0.3 is 10.5 Å². The lowest BCUT2D eigenvalue weighted by atomic mass is 10.1. The Kier molecular flexibility index (Phi) is 7.87. The fraction of sp³-hybridized carbons (Fsp3) is 0.214. The Morgan fingerprint density at radius 3 is 2.41 bits per heavy atom. The molecule has 0 fully saturated rings. The van der Waals surface area contributed by atoms with Crippen molar-refractivity contribution in [2.45, 2.75) is 12.8 Å². The molecule has 0 bridgehead atoms. The molecule has 0 aliphatic heterocycles. The molecular weight excluding hydrogens is 214 g/mol. The molecule has 0 radical (unpaired) electrons. The van der Waals surface area contributed by atoms with Crippen LogP contribution in [0.4, 0.5) is 0 Å². The van der Waals surface area contributed by atoms with E-state index in [-0.39, 0.29) is 12.3 Å². The van der Waals surface area contributed by atoms with E-state index in [1.807, 2.05) is 30.3 Å². The number of amides is 1. The Morgan fingerprint density at radius 2 is 1.94 bits per heavy atom. The maximum Gasteiger partial charge on any atom is 0.221 e. The lowest BCUT2D eigenvalue weighted by Gasteiger charge is -2.05. The number of allylic oxidation sites excluding steroid dienone is 1. The minimum atomic E-state index is -0.349. The quantitative estimate of drug-likeness (QED) is 0.621. The lowest BCUT2D eigenvalue weighted by molar-refractivity contribution is -0.117. The minimum absolute atomic E-state index is 0.218. The van der Waals surface area contributed by atoms with Gasteiger partial charge in [-0.25, -0.2) is 0 Å². The maximum absolute atomic E-state index is 10.6. The molecular formula is C14H17NO2. The van der Waals surface area contributed by atoms with Crippen LogP contribution in [-0.4, -0.2) is 13.0 Å². The molecule has 0 aliphatic rings. The summed E-state index contributed by atoms with van der Waals surface area (Å²) >= 11 is 0. The van der Waals surface area contributed by atoms with E-state index in [1.165, 1.54) is 0 Å². The Bertz CT molecular complexity index is 380. The van der Waals surface area contributed by atoms with Crippen molar-refractivity contribution in [2.24, 2.45) is 5.73 Å². The van der Waals surface area contributed by atoms with Crippen molar-refractivity contribution >= 4 is 5.91 Å². The highest BCUT2D eigenvalue weighted by molar-refractivity contribution is 5.75. The van der Waals surface area contributed by atoms with Crippen LogP contribution in [0.5, 0.6) is 0 Å². The smallest absolute Gasteiger partial charge is 0.221 e. The first-order valence-corrected chi connectivity index (χ1v) is 5.11. The summed E-state index contributed by atoms with van der Waals surface area (Å²) < 4.78 is 5.16. The van der Waals surface area contributed by atoms with Gasteiger partial charge in [-0.05, 0) is 11.6 Å². The molecule has 0 spiro atoms. The van der Waals surface area contributed by atoms with Gasteiger partial charge in [0.1, 0.15) is 0 Å². The van der Waals surface area contributed by atoms with E-state index in [0.29, 0.717) is 6.42 Å². The molecule has 1 rings (SSSR count). The standard InChI is InChI=1S/C12H15NO2.C2H2/c1-15-11(7-8-12(13)14)9-10-5-3-2-4-6-10;1-2/h2-7H,8-9H2,1H3,(H2,13,14);1-2H/b11-7-;. The Morgan fingerprint density at radius 1 is 1.35 bits per heavy atom. The number of nitrogens with two attached hydrogens (primary N) is 1. The second-order valence-corrected chi connectivity index (χ2v) is 3.21. The second kappa shape index (κ2) is 9.05. The van der Waals surface area contributed by atoms with Crippen LogP contribution >= 0.6 is 0 Å². The van der Waals surface area contributed by atoms with E-state index in [2.05, 4.69) is 12.8 Å². The fourth-order valence-corrected chi connectivity index (χ4v) is 1.24. The first-order valence-electron chi connectivity index (χ1n) is 5.11. The average Bonchev–Trinajstić information content (AvgIpc) is 2.38. The molecule has 3 nitrogen and oxygen atoms in total. The van der Waals surface area contributed by atoms with Crippen molar-refractivity contribution in [1.82, 2.24) is 0 Å². The third-order valence-electron chi connectivity index (χ3n) is 2.01. The van der Waals surface area contributed by atoms with Gasteiger partial charge in [0, 0.05) is 12.8 Å². The number of primary amides is 1. The zero-order valence-electron chi connectivity index (χ0n) is 9.93. The molecule has 0 saturated heterocycles. The predicted octanol–water partition coefficient (Wildman–Crippen LogP) is 1.88. The number of ether oxygens (including phenoxy) is 1. The normalized spacial score (nSPS) is 9.94. The summed E-state index contributed by atoms with van der Waals surface area (Å²) in [5, 5.41) is 0. The number of carbonyl (C=O) groups excluding carboxylic acids is 1. The van der Waals surface area contributed by atoms with Crippen LogP contribution < -0.4 is 5.73 Å². The van der Waals surface area contributed by atoms with Gasteiger partial charge >= 0.3 is 0 Å². The lowest BCUT2D eigenvalue weighted by Crippen LogP contribution is -2.09.